The minimum atomic E-state index is -4.63. The zero-order valence-corrected chi connectivity index (χ0v) is 11.7. The standard InChI is InChI=1S/C14H9F3N4O2/c1-7-4-5-18-6-9(7)13-20-11(21-23-13)8-2-3-10(14(15,16)17)19-12(8)22/h2-6H,1H3,(H,19,22). The highest BCUT2D eigenvalue weighted by atomic mass is 19.4. The lowest BCUT2D eigenvalue weighted by Crippen LogP contribution is -2.17. The van der Waals surface area contributed by atoms with Crippen molar-refractivity contribution in [2.24, 2.45) is 0 Å². The number of nitrogens with one attached hydrogen (secondary N) is 1. The maximum Gasteiger partial charge on any atom is 0.431 e. The Morgan fingerprint density at radius 3 is 2.61 bits per heavy atom. The smallest absolute Gasteiger partial charge is 0.334 e. The van der Waals surface area contributed by atoms with E-state index in [2.05, 4.69) is 15.1 Å². The molecule has 0 saturated carbocycles. The van der Waals surface area contributed by atoms with Gasteiger partial charge in [0, 0.05) is 12.4 Å². The third-order valence-electron chi connectivity index (χ3n) is 3.15. The molecule has 0 aliphatic carbocycles. The summed E-state index contributed by atoms with van der Waals surface area (Å²) in [5.74, 6) is 0.0307. The average Bonchev–Trinajstić information content (AvgIpc) is 2.96. The van der Waals surface area contributed by atoms with Crippen LogP contribution in [0.15, 0.2) is 39.9 Å². The van der Waals surface area contributed by atoms with E-state index in [0.717, 1.165) is 17.7 Å². The Hall–Kier alpha value is -2.97. The van der Waals surface area contributed by atoms with E-state index in [4.69, 9.17) is 4.52 Å². The van der Waals surface area contributed by atoms with Gasteiger partial charge >= 0.3 is 6.18 Å². The van der Waals surface area contributed by atoms with Crippen molar-refractivity contribution in [2.45, 2.75) is 13.1 Å². The zero-order valence-electron chi connectivity index (χ0n) is 11.7. The molecule has 0 aliphatic rings. The molecule has 0 aromatic carbocycles. The van der Waals surface area contributed by atoms with Crippen molar-refractivity contribution in [3.8, 4) is 22.8 Å². The number of nitrogens with zero attached hydrogens (tertiary/aromatic N) is 3. The van der Waals surface area contributed by atoms with Crippen molar-refractivity contribution in [2.75, 3.05) is 0 Å². The molecule has 9 heteroatoms. The fourth-order valence-electron chi connectivity index (χ4n) is 1.95. The largest absolute Gasteiger partial charge is 0.431 e. The number of rotatable bonds is 2. The van der Waals surface area contributed by atoms with Gasteiger partial charge in [0.1, 0.15) is 5.69 Å². The van der Waals surface area contributed by atoms with E-state index in [-0.39, 0.29) is 17.3 Å². The molecule has 3 heterocycles. The van der Waals surface area contributed by atoms with Crippen LogP contribution >= 0.6 is 0 Å². The molecule has 0 aliphatic heterocycles. The third-order valence-corrected chi connectivity index (χ3v) is 3.15. The molecule has 1 N–H and O–H groups in total. The van der Waals surface area contributed by atoms with Gasteiger partial charge in [-0.3, -0.25) is 9.78 Å². The predicted molar refractivity (Wildman–Crippen MR) is 73.3 cm³/mol. The maximum absolute atomic E-state index is 12.5. The first-order valence-corrected chi connectivity index (χ1v) is 6.42. The van der Waals surface area contributed by atoms with Crippen LogP contribution in [0.4, 0.5) is 13.2 Å². The maximum atomic E-state index is 12.5. The number of aromatic nitrogens is 4. The van der Waals surface area contributed by atoms with Crippen molar-refractivity contribution < 1.29 is 17.7 Å². The average molecular weight is 322 g/mol. The van der Waals surface area contributed by atoms with Crippen LogP contribution in [0.1, 0.15) is 11.3 Å². The first-order valence-electron chi connectivity index (χ1n) is 6.42. The van der Waals surface area contributed by atoms with Gasteiger partial charge < -0.3 is 9.51 Å². The summed E-state index contributed by atoms with van der Waals surface area (Å²) in [5, 5.41) is 3.64. The van der Waals surface area contributed by atoms with E-state index in [1.54, 1.807) is 17.2 Å². The zero-order chi connectivity index (χ0) is 16.6. The van der Waals surface area contributed by atoms with Crippen molar-refractivity contribution in [3.63, 3.8) is 0 Å². The molecule has 23 heavy (non-hydrogen) atoms. The van der Waals surface area contributed by atoms with Gasteiger partial charge in [-0.1, -0.05) is 5.16 Å². The van der Waals surface area contributed by atoms with Crippen LogP contribution in [-0.2, 0) is 6.18 Å². The Labute approximate surface area is 127 Å². The fourth-order valence-corrected chi connectivity index (χ4v) is 1.95. The van der Waals surface area contributed by atoms with E-state index in [1.807, 2.05) is 6.92 Å². The second-order valence-electron chi connectivity index (χ2n) is 4.73. The monoisotopic (exact) mass is 322 g/mol. The minimum absolute atomic E-state index is 0.0989. The molecule has 0 spiro atoms. The van der Waals surface area contributed by atoms with Gasteiger partial charge in [0.15, 0.2) is 0 Å². The first-order chi connectivity index (χ1) is 10.9. The minimum Gasteiger partial charge on any atom is -0.334 e. The summed E-state index contributed by atoms with van der Waals surface area (Å²) in [6.07, 6.45) is -1.52. The summed E-state index contributed by atoms with van der Waals surface area (Å²) in [6.45, 7) is 1.81. The Kier molecular flexibility index (Phi) is 3.47. The summed E-state index contributed by atoms with van der Waals surface area (Å²) >= 11 is 0. The van der Waals surface area contributed by atoms with Gasteiger partial charge in [-0.25, -0.2) is 0 Å². The summed E-state index contributed by atoms with van der Waals surface area (Å²) in [4.78, 5) is 21.6. The molecule has 0 unspecified atom stereocenters. The quantitative estimate of drug-likeness (QED) is 0.784. The molecule has 3 aromatic rings. The van der Waals surface area contributed by atoms with E-state index in [0.29, 0.717) is 5.56 Å². The molecular weight excluding hydrogens is 313 g/mol. The molecule has 6 nitrogen and oxygen atoms in total. The van der Waals surface area contributed by atoms with Gasteiger partial charge in [0.2, 0.25) is 5.82 Å². The van der Waals surface area contributed by atoms with Crippen LogP contribution in [0.2, 0.25) is 0 Å². The predicted octanol–water partition coefficient (Wildman–Crippen LogP) is 2.81. The molecular formula is C14H9F3N4O2. The molecule has 0 saturated heterocycles. The lowest BCUT2D eigenvalue weighted by atomic mass is 10.1. The summed E-state index contributed by atoms with van der Waals surface area (Å²) in [6, 6.07) is 3.50. The van der Waals surface area contributed by atoms with Crippen LogP contribution in [0.5, 0.6) is 0 Å². The number of hydrogen-bond acceptors (Lipinski definition) is 5. The number of aromatic amines is 1. The van der Waals surface area contributed by atoms with E-state index in [9.17, 15) is 18.0 Å². The van der Waals surface area contributed by atoms with E-state index in [1.165, 1.54) is 6.20 Å². The lowest BCUT2D eigenvalue weighted by Gasteiger charge is -2.05. The van der Waals surface area contributed by atoms with E-state index < -0.39 is 17.4 Å². The topological polar surface area (TPSA) is 84.7 Å². The van der Waals surface area contributed by atoms with Crippen molar-refractivity contribution >= 4 is 0 Å². The molecule has 0 radical (unpaired) electrons. The van der Waals surface area contributed by atoms with Crippen LogP contribution in [0, 0.1) is 6.92 Å². The summed E-state index contributed by atoms with van der Waals surface area (Å²) in [7, 11) is 0. The SMILES string of the molecule is Cc1ccncc1-c1nc(-c2ccc(C(F)(F)F)[nH]c2=O)no1. The first kappa shape index (κ1) is 14.9. The van der Waals surface area contributed by atoms with Gasteiger partial charge in [-0.2, -0.15) is 18.2 Å². The highest BCUT2D eigenvalue weighted by molar-refractivity contribution is 5.60. The van der Waals surface area contributed by atoms with Crippen LogP contribution in [0.25, 0.3) is 22.8 Å². The van der Waals surface area contributed by atoms with Crippen LogP contribution in [0.3, 0.4) is 0 Å². The van der Waals surface area contributed by atoms with Gasteiger partial charge in [0.25, 0.3) is 11.4 Å². The summed E-state index contributed by atoms with van der Waals surface area (Å²) < 4.78 is 42.7. The van der Waals surface area contributed by atoms with Gasteiger partial charge in [-0.15, -0.1) is 0 Å². The number of H-pyrrole nitrogens is 1. The number of hydrogen-bond donors (Lipinski definition) is 1. The highest BCUT2D eigenvalue weighted by Gasteiger charge is 2.32. The number of aryl methyl sites for hydroxylation is 1. The van der Waals surface area contributed by atoms with Gasteiger partial charge in [0.05, 0.1) is 11.1 Å². The molecule has 0 amide bonds. The normalized spacial score (nSPS) is 11.7. The van der Waals surface area contributed by atoms with Crippen LogP contribution in [-0.4, -0.2) is 20.1 Å². The Balaban J connectivity index is 2.02. The second-order valence-corrected chi connectivity index (χ2v) is 4.73. The van der Waals surface area contributed by atoms with Crippen molar-refractivity contribution in [1.82, 2.24) is 20.1 Å². The lowest BCUT2D eigenvalue weighted by molar-refractivity contribution is -0.141. The fraction of sp³-hybridized carbons (Fsp3) is 0.143. The van der Waals surface area contributed by atoms with Crippen molar-refractivity contribution in [1.29, 1.82) is 0 Å². The van der Waals surface area contributed by atoms with Gasteiger partial charge in [-0.05, 0) is 30.7 Å². The molecule has 0 atom stereocenters. The second kappa shape index (κ2) is 5.34. The highest BCUT2D eigenvalue weighted by Crippen LogP contribution is 2.28. The van der Waals surface area contributed by atoms with Crippen molar-refractivity contribution in [3.05, 3.63) is 52.2 Å². The Bertz CT molecular complexity index is 915. The Morgan fingerprint density at radius 2 is 1.96 bits per heavy atom. The molecule has 0 bridgehead atoms. The Morgan fingerprint density at radius 1 is 1.17 bits per heavy atom. The number of alkyl halides is 3. The van der Waals surface area contributed by atoms with E-state index >= 15 is 0 Å². The summed E-state index contributed by atoms with van der Waals surface area (Å²) in [5.41, 5.74) is -0.797. The number of pyridine rings is 2. The molecule has 0 fully saturated rings. The molecule has 118 valence electrons. The third kappa shape index (κ3) is 2.85. The number of halogens is 3. The molecule has 3 rings (SSSR count). The van der Waals surface area contributed by atoms with Crippen LogP contribution < -0.4 is 5.56 Å². The molecule has 3 aromatic heterocycles.